The van der Waals surface area contributed by atoms with Gasteiger partial charge in [0.1, 0.15) is 11.3 Å². The Balaban J connectivity index is 2.25. The summed E-state index contributed by atoms with van der Waals surface area (Å²) in [4.78, 5) is 12.8. The molecule has 0 bridgehead atoms. The maximum atomic E-state index is 12.8. The Morgan fingerprint density at radius 1 is 1.47 bits per heavy atom. The number of ether oxygens (including phenoxy) is 2. The summed E-state index contributed by atoms with van der Waals surface area (Å²) in [6.45, 7) is 6.28. The highest BCUT2D eigenvalue weighted by Crippen LogP contribution is 2.29. The van der Waals surface area contributed by atoms with Crippen molar-refractivity contribution in [1.29, 1.82) is 0 Å². The number of hydrogen-bond acceptors (Lipinski definition) is 5. The largest absolute Gasteiger partial charge is 0.381 e. The second-order valence-corrected chi connectivity index (χ2v) is 4.71. The number of nitrogens with zero attached hydrogens (tertiary/aromatic N) is 3. The molecule has 1 fully saturated rings. The van der Waals surface area contributed by atoms with Crippen molar-refractivity contribution >= 4 is 5.78 Å². The Labute approximate surface area is 113 Å². The Hall–Kier alpha value is -1.27. The van der Waals surface area contributed by atoms with Gasteiger partial charge in [-0.15, -0.1) is 5.10 Å². The molecule has 6 nitrogen and oxygen atoms in total. The van der Waals surface area contributed by atoms with Crippen molar-refractivity contribution in [2.24, 2.45) is 0 Å². The zero-order chi connectivity index (χ0) is 13.7. The van der Waals surface area contributed by atoms with E-state index < -0.39 is 5.60 Å². The van der Waals surface area contributed by atoms with Crippen LogP contribution in [0.5, 0.6) is 0 Å². The van der Waals surface area contributed by atoms with E-state index in [1.54, 1.807) is 4.68 Å². The van der Waals surface area contributed by atoms with Gasteiger partial charge in [-0.05, 0) is 13.3 Å². The molecule has 1 aliphatic rings. The molecular weight excluding hydrogens is 246 g/mol. The summed E-state index contributed by atoms with van der Waals surface area (Å²) in [5.74, 6) is -0.0175. The molecular formula is C13H21N3O3. The molecule has 6 heteroatoms. The van der Waals surface area contributed by atoms with Gasteiger partial charge >= 0.3 is 0 Å². The maximum absolute atomic E-state index is 12.8. The molecule has 0 aliphatic carbocycles. The van der Waals surface area contributed by atoms with Gasteiger partial charge in [0.2, 0.25) is 5.78 Å². The minimum Gasteiger partial charge on any atom is -0.381 e. The maximum Gasteiger partial charge on any atom is 0.214 e. The molecule has 1 saturated heterocycles. The van der Waals surface area contributed by atoms with Gasteiger partial charge in [0.15, 0.2) is 0 Å². The first-order valence-corrected chi connectivity index (χ1v) is 6.88. The molecule has 0 unspecified atom stereocenters. The molecule has 1 aromatic heterocycles. The molecule has 2 rings (SSSR count). The average molecular weight is 267 g/mol. The fourth-order valence-corrected chi connectivity index (χ4v) is 2.46. The van der Waals surface area contributed by atoms with E-state index in [1.165, 1.54) is 6.20 Å². The van der Waals surface area contributed by atoms with E-state index in [0.29, 0.717) is 44.9 Å². The standard InChI is InChI=1S/C13H21N3O3/c1-3-7-16-11(10-14-15-16)12(17)13(19-4-2)5-8-18-9-6-13/h10H,3-9H2,1-2H3. The van der Waals surface area contributed by atoms with E-state index in [2.05, 4.69) is 10.3 Å². The van der Waals surface area contributed by atoms with Gasteiger partial charge in [0.25, 0.3) is 0 Å². The average Bonchev–Trinajstić information content (AvgIpc) is 2.88. The minimum absolute atomic E-state index is 0.0175. The van der Waals surface area contributed by atoms with Gasteiger partial charge in [0, 0.05) is 39.2 Å². The quantitative estimate of drug-likeness (QED) is 0.730. The number of Topliss-reactive ketones (excluding diaryl/α,β-unsaturated/α-hetero) is 1. The fraction of sp³-hybridized carbons (Fsp3) is 0.769. The van der Waals surface area contributed by atoms with Crippen LogP contribution in [-0.2, 0) is 16.0 Å². The Morgan fingerprint density at radius 3 is 2.84 bits per heavy atom. The summed E-state index contributed by atoms with van der Waals surface area (Å²) in [5.41, 5.74) is -0.225. The van der Waals surface area contributed by atoms with Crippen molar-refractivity contribution < 1.29 is 14.3 Å². The molecule has 0 aromatic carbocycles. The number of aromatic nitrogens is 3. The van der Waals surface area contributed by atoms with Gasteiger partial charge < -0.3 is 9.47 Å². The van der Waals surface area contributed by atoms with Crippen molar-refractivity contribution in [3.05, 3.63) is 11.9 Å². The van der Waals surface area contributed by atoms with Crippen LogP contribution in [-0.4, -0.2) is 46.2 Å². The number of aryl methyl sites for hydroxylation is 1. The van der Waals surface area contributed by atoms with Crippen LogP contribution in [0.15, 0.2) is 6.20 Å². The van der Waals surface area contributed by atoms with Crippen LogP contribution in [0.25, 0.3) is 0 Å². The Kier molecular flexibility index (Phi) is 4.66. The van der Waals surface area contributed by atoms with Crippen LogP contribution in [0.4, 0.5) is 0 Å². The van der Waals surface area contributed by atoms with Crippen LogP contribution in [0.2, 0.25) is 0 Å². The first-order chi connectivity index (χ1) is 9.23. The summed E-state index contributed by atoms with van der Waals surface area (Å²) in [6.07, 6.45) is 3.64. The van der Waals surface area contributed by atoms with Crippen molar-refractivity contribution in [1.82, 2.24) is 15.0 Å². The van der Waals surface area contributed by atoms with E-state index >= 15 is 0 Å². The van der Waals surface area contributed by atoms with Gasteiger partial charge in [0.05, 0.1) is 6.20 Å². The zero-order valence-corrected chi connectivity index (χ0v) is 11.6. The lowest BCUT2D eigenvalue weighted by Gasteiger charge is -2.35. The Morgan fingerprint density at radius 2 is 2.21 bits per heavy atom. The number of carbonyl (C=O) groups excluding carboxylic acids is 1. The third-order valence-corrected chi connectivity index (χ3v) is 3.42. The van der Waals surface area contributed by atoms with Crippen LogP contribution in [0, 0.1) is 0 Å². The number of rotatable bonds is 6. The van der Waals surface area contributed by atoms with E-state index in [4.69, 9.17) is 9.47 Å². The molecule has 2 heterocycles. The monoisotopic (exact) mass is 267 g/mol. The van der Waals surface area contributed by atoms with E-state index in [9.17, 15) is 4.79 Å². The smallest absolute Gasteiger partial charge is 0.214 e. The second kappa shape index (κ2) is 6.25. The van der Waals surface area contributed by atoms with Crippen LogP contribution >= 0.6 is 0 Å². The summed E-state index contributed by atoms with van der Waals surface area (Å²) >= 11 is 0. The second-order valence-electron chi connectivity index (χ2n) is 4.71. The molecule has 0 spiro atoms. The molecule has 106 valence electrons. The topological polar surface area (TPSA) is 66.2 Å². The van der Waals surface area contributed by atoms with Gasteiger partial charge in [-0.25, -0.2) is 4.68 Å². The highest BCUT2D eigenvalue weighted by atomic mass is 16.5. The van der Waals surface area contributed by atoms with Crippen molar-refractivity contribution in [2.45, 2.75) is 45.3 Å². The van der Waals surface area contributed by atoms with Gasteiger partial charge in [-0.3, -0.25) is 4.79 Å². The predicted octanol–water partition coefficient (Wildman–Crippen LogP) is 1.46. The van der Waals surface area contributed by atoms with E-state index in [1.807, 2.05) is 13.8 Å². The van der Waals surface area contributed by atoms with Crippen LogP contribution < -0.4 is 0 Å². The van der Waals surface area contributed by atoms with E-state index in [-0.39, 0.29) is 5.78 Å². The highest BCUT2D eigenvalue weighted by molar-refractivity contribution is 6.01. The highest BCUT2D eigenvalue weighted by Gasteiger charge is 2.42. The van der Waals surface area contributed by atoms with Crippen molar-refractivity contribution in [3.8, 4) is 0 Å². The van der Waals surface area contributed by atoms with Crippen molar-refractivity contribution in [3.63, 3.8) is 0 Å². The normalized spacial score (nSPS) is 18.4. The first kappa shape index (κ1) is 14.1. The number of hydrogen-bond donors (Lipinski definition) is 0. The SMILES string of the molecule is CCCn1nncc1C(=O)C1(OCC)CCOCC1. The van der Waals surface area contributed by atoms with Crippen molar-refractivity contribution in [2.75, 3.05) is 19.8 Å². The van der Waals surface area contributed by atoms with Gasteiger partial charge in [-0.1, -0.05) is 12.1 Å². The van der Waals surface area contributed by atoms with Gasteiger partial charge in [-0.2, -0.15) is 0 Å². The number of carbonyl (C=O) groups is 1. The van der Waals surface area contributed by atoms with E-state index in [0.717, 1.165) is 6.42 Å². The lowest BCUT2D eigenvalue weighted by molar-refractivity contribution is -0.0826. The Bertz CT molecular complexity index is 419. The lowest BCUT2D eigenvalue weighted by Crippen LogP contribution is -2.47. The third kappa shape index (κ3) is 2.84. The minimum atomic E-state index is -0.764. The zero-order valence-electron chi connectivity index (χ0n) is 11.6. The molecule has 0 N–H and O–H groups in total. The molecule has 0 saturated carbocycles. The molecule has 1 aromatic rings. The predicted molar refractivity (Wildman–Crippen MR) is 69.1 cm³/mol. The molecule has 0 atom stereocenters. The molecule has 1 aliphatic heterocycles. The van der Waals surface area contributed by atoms with Crippen LogP contribution in [0.1, 0.15) is 43.6 Å². The molecule has 0 radical (unpaired) electrons. The lowest BCUT2D eigenvalue weighted by atomic mass is 9.87. The summed E-state index contributed by atoms with van der Waals surface area (Å²) in [6, 6.07) is 0. The van der Waals surface area contributed by atoms with Crippen LogP contribution in [0.3, 0.4) is 0 Å². The third-order valence-electron chi connectivity index (χ3n) is 3.42. The molecule has 19 heavy (non-hydrogen) atoms. The fourth-order valence-electron chi connectivity index (χ4n) is 2.46. The number of ketones is 1. The summed E-state index contributed by atoms with van der Waals surface area (Å²) in [7, 11) is 0. The first-order valence-electron chi connectivity index (χ1n) is 6.88. The summed E-state index contributed by atoms with van der Waals surface area (Å²) < 4.78 is 12.8. The summed E-state index contributed by atoms with van der Waals surface area (Å²) in [5, 5.41) is 7.83. The molecule has 0 amide bonds.